The minimum Gasteiger partial charge on any atom is -0.344 e. The second-order valence-electron chi connectivity index (χ2n) is 8.22. The maximum atomic E-state index is 12.3. The molecule has 1 atom stereocenters. The molecule has 0 radical (unpaired) electrons. The van der Waals surface area contributed by atoms with Gasteiger partial charge >= 0.3 is 0 Å². The van der Waals surface area contributed by atoms with Gasteiger partial charge in [-0.25, -0.2) is 0 Å². The third-order valence-electron chi connectivity index (χ3n) is 5.41. The first-order valence-electron chi connectivity index (χ1n) is 11.5. The lowest BCUT2D eigenvalue weighted by Gasteiger charge is -2.21. The van der Waals surface area contributed by atoms with Crippen LogP contribution in [0.25, 0.3) is 0 Å². The fourth-order valence-electron chi connectivity index (χ4n) is 3.66. The topological polar surface area (TPSA) is 104 Å². The number of rotatable bonds is 13. The fraction of sp³-hybridized carbons (Fsp3) is 0.583. The molecule has 4 amide bonds. The van der Waals surface area contributed by atoms with Crippen LogP contribution in [0, 0.1) is 0 Å². The van der Waals surface area contributed by atoms with Crippen LogP contribution in [0.5, 0.6) is 0 Å². The first-order valence-corrected chi connectivity index (χ1v) is 11.5. The van der Waals surface area contributed by atoms with Gasteiger partial charge in [0.1, 0.15) is 6.04 Å². The van der Waals surface area contributed by atoms with Crippen LogP contribution in [-0.2, 0) is 25.6 Å². The number of hydrogen-bond donors (Lipinski definition) is 3. The van der Waals surface area contributed by atoms with Crippen LogP contribution in [0.1, 0.15) is 83.1 Å². The summed E-state index contributed by atoms with van der Waals surface area (Å²) in [5.74, 6) is -1.09. The number of amides is 4. The molecule has 1 heterocycles. The van der Waals surface area contributed by atoms with Gasteiger partial charge in [-0.1, -0.05) is 64.0 Å². The smallest absolute Gasteiger partial charge is 0.249 e. The van der Waals surface area contributed by atoms with Crippen LogP contribution in [0.3, 0.4) is 0 Å². The number of nitrogens with one attached hydrogen (secondary N) is 3. The maximum absolute atomic E-state index is 12.3. The van der Waals surface area contributed by atoms with Crippen LogP contribution in [-0.4, -0.2) is 29.7 Å². The van der Waals surface area contributed by atoms with E-state index in [0.717, 1.165) is 18.4 Å². The molecule has 170 valence electrons. The summed E-state index contributed by atoms with van der Waals surface area (Å²) >= 11 is 0. The molecule has 1 aromatic rings. The number of unbranched alkanes of at least 4 members (excludes halogenated alkanes) is 7. The Morgan fingerprint density at radius 3 is 2.42 bits per heavy atom. The number of anilines is 1. The molecule has 3 N–H and O–H groups in total. The van der Waals surface area contributed by atoms with Gasteiger partial charge in [0, 0.05) is 18.5 Å². The number of piperidine rings is 1. The van der Waals surface area contributed by atoms with Crippen LogP contribution in [0.15, 0.2) is 24.3 Å². The van der Waals surface area contributed by atoms with Crippen molar-refractivity contribution in [1.82, 2.24) is 10.6 Å². The van der Waals surface area contributed by atoms with E-state index in [4.69, 9.17) is 0 Å². The fourth-order valence-corrected chi connectivity index (χ4v) is 3.66. The molecule has 1 aromatic carbocycles. The normalized spacial score (nSPS) is 16.0. The number of imide groups is 1. The van der Waals surface area contributed by atoms with E-state index in [1.807, 2.05) is 0 Å². The van der Waals surface area contributed by atoms with Gasteiger partial charge in [0.2, 0.25) is 23.6 Å². The molecule has 0 aliphatic carbocycles. The summed E-state index contributed by atoms with van der Waals surface area (Å²) in [6, 6.07) is 6.49. The lowest BCUT2D eigenvalue weighted by Crippen LogP contribution is -2.52. The Morgan fingerprint density at radius 2 is 1.71 bits per heavy atom. The second-order valence-corrected chi connectivity index (χ2v) is 8.22. The van der Waals surface area contributed by atoms with Crippen LogP contribution in [0.4, 0.5) is 5.69 Å². The van der Waals surface area contributed by atoms with E-state index in [1.165, 1.54) is 38.5 Å². The number of carbonyl (C=O) groups excluding carboxylic acids is 4. The summed E-state index contributed by atoms with van der Waals surface area (Å²) < 4.78 is 0. The third-order valence-corrected chi connectivity index (χ3v) is 5.41. The van der Waals surface area contributed by atoms with E-state index in [9.17, 15) is 19.2 Å². The van der Waals surface area contributed by atoms with Gasteiger partial charge in [0.05, 0.1) is 6.42 Å². The molecule has 0 aromatic heterocycles. The first-order chi connectivity index (χ1) is 15.0. The quantitative estimate of drug-likeness (QED) is 0.329. The lowest BCUT2D eigenvalue weighted by molar-refractivity contribution is -0.137. The number of carbonyl (C=O) groups is 4. The van der Waals surface area contributed by atoms with Gasteiger partial charge in [-0.15, -0.1) is 0 Å². The average Bonchev–Trinajstić information content (AvgIpc) is 2.72. The molecule has 1 unspecified atom stereocenters. The first kappa shape index (κ1) is 24.6. The lowest BCUT2D eigenvalue weighted by atomic mass is 10.1. The molecule has 1 aliphatic heterocycles. The molecular weight excluding hydrogens is 394 g/mol. The van der Waals surface area contributed by atoms with Gasteiger partial charge in [-0.3, -0.25) is 24.5 Å². The summed E-state index contributed by atoms with van der Waals surface area (Å²) in [7, 11) is 0. The van der Waals surface area contributed by atoms with Crippen LogP contribution in [0.2, 0.25) is 0 Å². The summed E-state index contributed by atoms with van der Waals surface area (Å²) in [6.07, 6.45) is 10.6. The third kappa shape index (κ3) is 9.77. The van der Waals surface area contributed by atoms with Crippen molar-refractivity contribution in [2.75, 3.05) is 5.32 Å². The highest BCUT2D eigenvalue weighted by atomic mass is 16.2. The minimum atomic E-state index is -0.681. The summed E-state index contributed by atoms with van der Waals surface area (Å²) in [5, 5.41) is 7.78. The zero-order valence-electron chi connectivity index (χ0n) is 18.5. The van der Waals surface area contributed by atoms with Crippen molar-refractivity contribution in [2.24, 2.45) is 0 Å². The van der Waals surface area contributed by atoms with Gasteiger partial charge < -0.3 is 10.6 Å². The molecule has 0 bridgehead atoms. The van der Waals surface area contributed by atoms with Gasteiger partial charge in [-0.05, 0) is 30.5 Å². The van der Waals surface area contributed by atoms with E-state index in [1.54, 1.807) is 24.3 Å². The highest BCUT2D eigenvalue weighted by molar-refractivity contribution is 6.01. The minimum absolute atomic E-state index is 0.0175. The summed E-state index contributed by atoms with van der Waals surface area (Å²) in [6.45, 7) is 2.21. The van der Waals surface area contributed by atoms with Crippen LogP contribution < -0.4 is 16.0 Å². The van der Waals surface area contributed by atoms with Crippen molar-refractivity contribution in [3.63, 3.8) is 0 Å². The van der Waals surface area contributed by atoms with E-state index in [-0.39, 0.29) is 30.6 Å². The molecule has 2 rings (SSSR count). The summed E-state index contributed by atoms with van der Waals surface area (Å²) in [4.78, 5) is 47.4. The Bertz CT molecular complexity index is 763. The van der Waals surface area contributed by atoms with Crippen molar-refractivity contribution in [3.05, 3.63) is 29.8 Å². The number of benzene rings is 1. The predicted molar refractivity (Wildman–Crippen MR) is 120 cm³/mol. The average molecular weight is 430 g/mol. The molecule has 1 aliphatic rings. The Labute approximate surface area is 184 Å². The second kappa shape index (κ2) is 13.6. The highest BCUT2D eigenvalue weighted by Crippen LogP contribution is 2.14. The van der Waals surface area contributed by atoms with Gasteiger partial charge in [0.25, 0.3) is 0 Å². The van der Waals surface area contributed by atoms with Crippen molar-refractivity contribution >= 4 is 29.3 Å². The zero-order chi connectivity index (χ0) is 22.5. The molecule has 7 heteroatoms. The zero-order valence-corrected chi connectivity index (χ0v) is 18.5. The SMILES string of the molecule is CCCCCCCCCCC(=O)Nc1cccc(CC(=O)NC2CCC(=O)NC2=O)c1. The number of hydrogen-bond acceptors (Lipinski definition) is 4. The Morgan fingerprint density at radius 1 is 1.00 bits per heavy atom. The molecule has 1 saturated heterocycles. The van der Waals surface area contributed by atoms with Gasteiger partial charge in [0.15, 0.2) is 0 Å². The van der Waals surface area contributed by atoms with Crippen molar-refractivity contribution < 1.29 is 19.2 Å². The van der Waals surface area contributed by atoms with E-state index in [0.29, 0.717) is 18.5 Å². The van der Waals surface area contributed by atoms with E-state index >= 15 is 0 Å². The van der Waals surface area contributed by atoms with Crippen molar-refractivity contribution in [1.29, 1.82) is 0 Å². The largest absolute Gasteiger partial charge is 0.344 e. The molecule has 31 heavy (non-hydrogen) atoms. The highest BCUT2D eigenvalue weighted by Gasteiger charge is 2.27. The van der Waals surface area contributed by atoms with Crippen molar-refractivity contribution in [3.8, 4) is 0 Å². The van der Waals surface area contributed by atoms with Gasteiger partial charge in [-0.2, -0.15) is 0 Å². The Hall–Kier alpha value is -2.70. The molecular formula is C24H35N3O4. The molecule has 1 fully saturated rings. The maximum Gasteiger partial charge on any atom is 0.249 e. The Kier molecular flexibility index (Phi) is 10.8. The predicted octanol–water partition coefficient (Wildman–Crippen LogP) is 3.62. The molecule has 0 saturated carbocycles. The van der Waals surface area contributed by atoms with E-state index in [2.05, 4.69) is 22.9 Å². The summed E-state index contributed by atoms with van der Waals surface area (Å²) in [5.41, 5.74) is 1.41. The molecule has 0 spiro atoms. The van der Waals surface area contributed by atoms with Crippen LogP contribution >= 0.6 is 0 Å². The molecule has 7 nitrogen and oxygen atoms in total. The standard InChI is InChI=1S/C24H35N3O4/c1-2-3-4-5-6-7-8-9-13-21(28)25-19-12-10-11-18(16-19)17-23(30)26-20-14-15-22(29)27-24(20)31/h10-12,16,20H,2-9,13-15,17H2,1H3,(H,25,28)(H,26,30)(H,27,29,31). The van der Waals surface area contributed by atoms with E-state index < -0.39 is 11.9 Å². The van der Waals surface area contributed by atoms with Crippen molar-refractivity contribution in [2.45, 2.75) is 90.0 Å². The Balaban J connectivity index is 1.68. The monoisotopic (exact) mass is 429 g/mol.